The lowest BCUT2D eigenvalue weighted by Crippen LogP contribution is -2.16. The first kappa shape index (κ1) is 18.2. The topological polar surface area (TPSA) is 21.3 Å². The van der Waals surface area contributed by atoms with Crippen molar-refractivity contribution >= 4 is 34.1 Å². The van der Waals surface area contributed by atoms with E-state index in [2.05, 4.69) is 17.4 Å². The van der Waals surface area contributed by atoms with Gasteiger partial charge < -0.3 is 10.1 Å². The van der Waals surface area contributed by atoms with Gasteiger partial charge in [0.15, 0.2) is 0 Å². The summed E-state index contributed by atoms with van der Waals surface area (Å²) in [5.74, 6) is 0.831. The molecule has 2 aromatic carbocycles. The molecule has 0 aliphatic carbocycles. The predicted octanol–water partition coefficient (Wildman–Crippen LogP) is 5.08. The number of nitrogens with one attached hydrogen (secondary N) is 1. The van der Waals surface area contributed by atoms with E-state index in [-0.39, 0.29) is 18.5 Å². The van der Waals surface area contributed by atoms with Gasteiger partial charge in [0.1, 0.15) is 11.9 Å². The number of rotatable bonds is 7. The number of ether oxygens (including phenoxy) is 1. The van der Waals surface area contributed by atoms with Crippen LogP contribution in [0.3, 0.4) is 0 Å². The first-order valence-corrected chi connectivity index (χ1v) is 8.23. The summed E-state index contributed by atoms with van der Waals surface area (Å²) < 4.78 is 6.18. The van der Waals surface area contributed by atoms with E-state index in [1.807, 2.05) is 49.5 Å². The lowest BCUT2D eigenvalue weighted by Gasteiger charge is -2.20. The largest absolute Gasteiger partial charge is 0.484 e. The van der Waals surface area contributed by atoms with E-state index in [0.29, 0.717) is 0 Å². The van der Waals surface area contributed by atoms with Crippen molar-refractivity contribution in [3.05, 3.63) is 60.2 Å². The number of benzene rings is 2. The number of para-hydroxylation sites is 1. The van der Waals surface area contributed by atoms with Crippen LogP contribution in [-0.4, -0.2) is 13.6 Å². The van der Waals surface area contributed by atoms with Gasteiger partial charge in [0.25, 0.3) is 0 Å². The third-order valence-electron chi connectivity index (χ3n) is 3.03. The lowest BCUT2D eigenvalue weighted by atomic mass is 10.1. The molecule has 0 aromatic heterocycles. The van der Waals surface area contributed by atoms with Gasteiger partial charge >= 0.3 is 0 Å². The molecule has 2 nitrogen and oxygen atoms in total. The second-order valence-electron chi connectivity index (χ2n) is 4.43. The Balaban J connectivity index is 0.00000220. The highest BCUT2D eigenvalue weighted by molar-refractivity contribution is 8.21. The maximum Gasteiger partial charge on any atom is 0.135 e. The summed E-state index contributed by atoms with van der Waals surface area (Å²) in [4.78, 5) is 0.944. The Morgan fingerprint density at radius 1 is 1.10 bits per heavy atom. The van der Waals surface area contributed by atoms with Gasteiger partial charge in [0.05, 0.1) is 4.90 Å². The van der Waals surface area contributed by atoms with Crippen LogP contribution < -0.4 is 10.1 Å². The Bertz CT molecular complexity index is 525. The highest BCUT2D eigenvalue weighted by Crippen LogP contribution is 2.35. The summed E-state index contributed by atoms with van der Waals surface area (Å²) in [5, 5.41) is 3.17. The molecule has 0 aliphatic rings. The van der Waals surface area contributed by atoms with Crippen LogP contribution in [0.5, 0.6) is 5.75 Å². The molecule has 1 N–H and O–H groups in total. The minimum absolute atomic E-state index is 0. The third-order valence-corrected chi connectivity index (χ3v) is 4.03. The Hall–Kier alpha value is -0.870. The molecule has 0 saturated carbocycles. The first-order valence-electron chi connectivity index (χ1n) is 6.59. The minimum atomic E-state index is 0. The van der Waals surface area contributed by atoms with E-state index in [4.69, 9.17) is 15.4 Å². The molecule has 114 valence electrons. The fraction of sp³-hybridized carbons (Fsp3) is 0.250. The highest BCUT2D eigenvalue weighted by atomic mass is 35.7. The van der Waals surface area contributed by atoms with Crippen molar-refractivity contribution in [2.45, 2.75) is 17.4 Å². The van der Waals surface area contributed by atoms with E-state index in [1.54, 1.807) is 0 Å². The van der Waals surface area contributed by atoms with E-state index in [9.17, 15) is 0 Å². The average molecular weight is 344 g/mol. The Labute approximate surface area is 141 Å². The molecule has 0 fully saturated rings. The van der Waals surface area contributed by atoms with Gasteiger partial charge in [-0.15, -0.1) is 12.4 Å². The minimum Gasteiger partial charge on any atom is -0.484 e. The first-order chi connectivity index (χ1) is 9.85. The molecule has 0 radical (unpaired) electrons. The molecule has 0 heterocycles. The maximum absolute atomic E-state index is 6.18. The summed E-state index contributed by atoms with van der Waals surface area (Å²) in [6.45, 7) is 0.899. The Morgan fingerprint density at radius 2 is 1.76 bits per heavy atom. The van der Waals surface area contributed by atoms with Gasteiger partial charge in [-0.05, 0) is 52.9 Å². The zero-order valence-electron chi connectivity index (χ0n) is 11.8. The van der Waals surface area contributed by atoms with Crippen LogP contribution in [0.25, 0.3) is 0 Å². The molecule has 0 spiro atoms. The number of hydrogen-bond acceptors (Lipinski definition) is 3. The Morgan fingerprint density at radius 3 is 2.43 bits per heavy atom. The van der Waals surface area contributed by atoms with Crippen LogP contribution in [0.15, 0.2) is 59.5 Å². The molecule has 0 aliphatic heterocycles. The van der Waals surface area contributed by atoms with Crippen molar-refractivity contribution in [3.63, 3.8) is 0 Å². The molecule has 1 unspecified atom stereocenters. The molecular formula is C16H19Cl2NOS. The molecule has 21 heavy (non-hydrogen) atoms. The van der Waals surface area contributed by atoms with Gasteiger partial charge in [-0.25, -0.2) is 0 Å². The summed E-state index contributed by atoms with van der Waals surface area (Å²) in [6.07, 6.45) is 0.926. The van der Waals surface area contributed by atoms with Crippen LogP contribution in [0.4, 0.5) is 0 Å². The van der Waals surface area contributed by atoms with E-state index in [0.717, 1.165) is 23.6 Å². The fourth-order valence-corrected chi connectivity index (χ4v) is 2.71. The van der Waals surface area contributed by atoms with Crippen LogP contribution >= 0.6 is 34.1 Å². The van der Waals surface area contributed by atoms with E-state index >= 15 is 0 Å². The normalized spacial score (nSPS) is 11.5. The van der Waals surface area contributed by atoms with Crippen molar-refractivity contribution in [2.75, 3.05) is 13.6 Å². The second kappa shape index (κ2) is 9.96. The van der Waals surface area contributed by atoms with Crippen molar-refractivity contribution in [3.8, 4) is 5.75 Å². The molecular weight excluding hydrogens is 325 g/mol. The zero-order chi connectivity index (χ0) is 14.2. The fourth-order valence-electron chi connectivity index (χ4n) is 2.00. The van der Waals surface area contributed by atoms with Crippen molar-refractivity contribution in [1.82, 2.24) is 5.32 Å². The quantitative estimate of drug-likeness (QED) is 0.756. The van der Waals surface area contributed by atoms with Crippen molar-refractivity contribution in [1.29, 1.82) is 0 Å². The molecule has 1 atom stereocenters. The maximum atomic E-state index is 6.18. The van der Waals surface area contributed by atoms with E-state index < -0.39 is 0 Å². The van der Waals surface area contributed by atoms with Crippen LogP contribution in [0.1, 0.15) is 18.1 Å². The summed E-state index contributed by atoms with van der Waals surface area (Å²) in [6, 6.07) is 18.1. The monoisotopic (exact) mass is 343 g/mol. The van der Waals surface area contributed by atoms with Gasteiger partial charge in [-0.2, -0.15) is 0 Å². The lowest BCUT2D eigenvalue weighted by molar-refractivity contribution is 0.190. The smallest absolute Gasteiger partial charge is 0.135 e. The summed E-state index contributed by atoms with van der Waals surface area (Å²) in [7, 11) is 9.03. The summed E-state index contributed by atoms with van der Waals surface area (Å²) in [5.41, 5.74) is 1.18. The Kier molecular flexibility index (Phi) is 8.62. The van der Waals surface area contributed by atoms with E-state index in [1.165, 1.54) is 16.5 Å². The average Bonchev–Trinajstić information content (AvgIpc) is 2.52. The van der Waals surface area contributed by atoms with Crippen molar-refractivity contribution in [2.24, 2.45) is 0 Å². The van der Waals surface area contributed by atoms with Crippen LogP contribution in [-0.2, 0) is 0 Å². The molecule has 2 rings (SSSR count). The standard InChI is InChI=1S/C16H18ClNOS.ClH/c1-18-12-11-14(13-7-3-2-4-8-13)19-15-9-5-6-10-16(15)20-17;/h2-10,14,18H,11-12H2,1H3;1H. The number of halogens is 2. The third kappa shape index (κ3) is 5.44. The zero-order valence-corrected chi connectivity index (χ0v) is 14.2. The van der Waals surface area contributed by atoms with Crippen molar-refractivity contribution < 1.29 is 4.74 Å². The van der Waals surface area contributed by atoms with Gasteiger partial charge in [0.2, 0.25) is 0 Å². The summed E-state index contributed by atoms with van der Waals surface area (Å²) >= 11 is 0. The van der Waals surface area contributed by atoms with Gasteiger partial charge in [-0.3, -0.25) is 0 Å². The SMILES string of the molecule is CNCCC(Oc1ccccc1SCl)c1ccccc1.Cl. The van der Waals surface area contributed by atoms with Gasteiger partial charge in [0, 0.05) is 6.42 Å². The molecule has 0 bridgehead atoms. The molecule has 0 saturated heterocycles. The second-order valence-corrected chi connectivity index (χ2v) is 5.49. The molecule has 0 amide bonds. The molecule has 2 aromatic rings. The predicted molar refractivity (Wildman–Crippen MR) is 93.8 cm³/mol. The van der Waals surface area contributed by atoms with Crippen LogP contribution in [0, 0.1) is 0 Å². The van der Waals surface area contributed by atoms with Gasteiger partial charge in [-0.1, -0.05) is 42.5 Å². The molecule has 5 heteroatoms. The van der Waals surface area contributed by atoms with Crippen LogP contribution in [0.2, 0.25) is 0 Å². The highest BCUT2D eigenvalue weighted by Gasteiger charge is 2.14. The number of hydrogen-bond donors (Lipinski definition) is 1.